The van der Waals surface area contributed by atoms with E-state index in [2.05, 4.69) is 71.9 Å². The third kappa shape index (κ3) is 4.93. The Labute approximate surface area is 172 Å². The fourth-order valence-electron chi connectivity index (χ4n) is 4.74. The van der Waals surface area contributed by atoms with E-state index in [-0.39, 0.29) is 12.0 Å². The molecule has 0 amide bonds. The van der Waals surface area contributed by atoms with Gasteiger partial charge in [0.1, 0.15) is 0 Å². The molecular formula is C25H35NOSi. The number of nitrogens with zero attached hydrogens (tertiary/aromatic N) is 1. The minimum Gasteiger partial charge on any atom is -0.408 e. The zero-order valence-corrected chi connectivity index (χ0v) is 19.2. The Morgan fingerprint density at radius 1 is 0.786 bits per heavy atom. The van der Waals surface area contributed by atoms with Gasteiger partial charge >= 0.3 is 0 Å². The fraction of sp³-hybridized carbons (Fsp3) is 0.480. The van der Waals surface area contributed by atoms with E-state index in [0.29, 0.717) is 23.0 Å². The van der Waals surface area contributed by atoms with Crippen molar-refractivity contribution >= 4 is 8.32 Å². The minimum absolute atomic E-state index is 0.203. The number of rotatable bonds is 9. The maximum absolute atomic E-state index is 10.1. The summed E-state index contributed by atoms with van der Waals surface area (Å²) in [5, 5.41) is 10.1. The molecule has 2 aromatic carbocycles. The van der Waals surface area contributed by atoms with Crippen LogP contribution in [0.4, 0.5) is 0 Å². The van der Waals surface area contributed by atoms with Gasteiger partial charge < -0.3 is 4.43 Å². The number of hydrogen-bond acceptors (Lipinski definition) is 2. The smallest absolute Gasteiger partial charge is 0.201 e. The SMILES string of the molecule is CC(C)[Si](OC(c1ccccc1)C(C#N)Cc1ccccc1)(C(C)C)C(C)C. The van der Waals surface area contributed by atoms with Crippen molar-refractivity contribution in [2.45, 2.75) is 70.7 Å². The zero-order valence-electron chi connectivity index (χ0n) is 18.2. The van der Waals surface area contributed by atoms with Gasteiger partial charge in [0.05, 0.1) is 18.1 Å². The van der Waals surface area contributed by atoms with Crippen molar-refractivity contribution in [2.24, 2.45) is 5.92 Å². The normalized spacial score (nSPS) is 14.3. The summed E-state index contributed by atoms with van der Waals surface area (Å²) in [4.78, 5) is 0. The molecule has 2 aromatic rings. The van der Waals surface area contributed by atoms with Gasteiger partial charge in [-0.15, -0.1) is 0 Å². The first-order valence-electron chi connectivity index (χ1n) is 10.5. The molecule has 0 saturated heterocycles. The molecule has 2 nitrogen and oxygen atoms in total. The maximum atomic E-state index is 10.1. The molecule has 0 bridgehead atoms. The van der Waals surface area contributed by atoms with E-state index in [1.807, 2.05) is 36.4 Å². The van der Waals surface area contributed by atoms with Crippen molar-refractivity contribution in [1.82, 2.24) is 0 Å². The number of hydrogen-bond donors (Lipinski definition) is 0. The van der Waals surface area contributed by atoms with Gasteiger partial charge in [0.15, 0.2) is 0 Å². The molecule has 2 atom stereocenters. The highest BCUT2D eigenvalue weighted by atomic mass is 28.4. The van der Waals surface area contributed by atoms with Crippen molar-refractivity contribution < 1.29 is 4.43 Å². The molecule has 0 aliphatic carbocycles. The van der Waals surface area contributed by atoms with E-state index >= 15 is 0 Å². The molecule has 0 heterocycles. The van der Waals surface area contributed by atoms with Gasteiger partial charge in [-0.05, 0) is 34.2 Å². The molecule has 0 aromatic heterocycles. The van der Waals surface area contributed by atoms with Gasteiger partial charge in [0, 0.05) is 0 Å². The lowest BCUT2D eigenvalue weighted by atomic mass is 9.91. The quantitative estimate of drug-likeness (QED) is 0.419. The molecule has 0 spiro atoms. The Hall–Kier alpha value is -1.89. The van der Waals surface area contributed by atoms with Gasteiger partial charge in [-0.2, -0.15) is 5.26 Å². The summed E-state index contributed by atoms with van der Waals surface area (Å²) < 4.78 is 7.15. The summed E-state index contributed by atoms with van der Waals surface area (Å²) in [5.74, 6) is -0.215. The van der Waals surface area contributed by atoms with Crippen molar-refractivity contribution in [3.8, 4) is 6.07 Å². The van der Waals surface area contributed by atoms with E-state index < -0.39 is 8.32 Å². The predicted molar refractivity (Wildman–Crippen MR) is 121 cm³/mol. The van der Waals surface area contributed by atoms with Gasteiger partial charge in [-0.1, -0.05) is 102 Å². The van der Waals surface area contributed by atoms with Crippen LogP contribution in [-0.4, -0.2) is 8.32 Å². The first kappa shape index (κ1) is 22.4. The summed E-state index contributed by atoms with van der Waals surface area (Å²) in [6.45, 7) is 13.8. The van der Waals surface area contributed by atoms with E-state index in [4.69, 9.17) is 4.43 Å². The van der Waals surface area contributed by atoms with Crippen LogP contribution < -0.4 is 0 Å². The summed E-state index contributed by atoms with van der Waals surface area (Å²) >= 11 is 0. The first-order chi connectivity index (χ1) is 13.3. The van der Waals surface area contributed by atoms with Crippen molar-refractivity contribution in [3.05, 3.63) is 71.8 Å². The minimum atomic E-state index is -2.12. The first-order valence-corrected chi connectivity index (χ1v) is 12.6. The molecule has 150 valence electrons. The standard InChI is InChI=1S/C25H35NOSi/c1-19(2)28(20(3)4,21(5)6)27-25(23-15-11-8-12-16-23)24(18-26)17-22-13-9-7-10-14-22/h7-16,19-21,24-25H,17H2,1-6H3. The van der Waals surface area contributed by atoms with Gasteiger partial charge in [0.2, 0.25) is 8.32 Å². The Balaban J connectivity index is 2.48. The van der Waals surface area contributed by atoms with E-state index in [9.17, 15) is 5.26 Å². The summed E-state index contributed by atoms with van der Waals surface area (Å²) in [6.07, 6.45) is 0.501. The fourth-order valence-corrected chi connectivity index (χ4v) is 10.3. The lowest BCUT2D eigenvalue weighted by Gasteiger charge is -2.45. The Morgan fingerprint density at radius 2 is 1.25 bits per heavy atom. The lowest BCUT2D eigenvalue weighted by molar-refractivity contribution is 0.136. The van der Waals surface area contributed by atoms with Crippen molar-refractivity contribution in [1.29, 1.82) is 5.26 Å². The molecule has 0 radical (unpaired) electrons. The second kappa shape index (κ2) is 10.0. The second-order valence-electron chi connectivity index (χ2n) is 8.69. The number of nitriles is 1. The molecule has 0 aliphatic rings. The topological polar surface area (TPSA) is 33.0 Å². The third-order valence-corrected chi connectivity index (χ3v) is 12.1. The second-order valence-corrected chi connectivity index (χ2v) is 14.1. The summed E-state index contributed by atoms with van der Waals surface area (Å²) in [7, 11) is -2.12. The molecule has 0 saturated carbocycles. The monoisotopic (exact) mass is 393 g/mol. The van der Waals surface area contributed by atoms with Crippen LogP contribution in [0, 0.1) is 17.2 Å². The van der Waals surface area contributed by atoms with Crippen LogP contribution in [-0.2, 0) is 10.8 Å². The van der Waals surface area contributed by atoms with Crippen molar-refractivity contribution in [3.63, 3.8) is 0 Å². The largest absolute Gasteiger partial charge is 0.408 e. The van der Waals surface area contributed by atoms with Crippen LogP contribution >= 0.6 is 0 Å². The van der Waals surface area contributed by atoms with Gasteiger partial charge in [0.25, 0.3) is 0 Å². The molecule has 28 heavy (non-hydrogen) atoms. The van der Waals surface area contributed by atoms with Gasteiger partial charge in [-0.25, -0.2) is 0 Å². The summed E-state index contributed by atoms with van der Waals surface area (Å²) in [5.41, 5.74) is 3.74. The van der Waals surface area contributed by atoms with Crippen LogP contribution in [0.15, 0.2) is 60.7 Å². The Kier molecular flexibility index (Phi) is 8.04. The zero-order chi connectivity index (χ0) is 20.7. The molecule has 2 rings (SSSR count). The molecular weight excluding hydrogens is 358 g/mol. The van der Waals surface area contributed by atoms with Gasteiger partial charge in [-0.3, -0.25) is 0 Å². The third-order valence-electron chi connectivity index (χ3n) is 6.00. The predicted octanol–water partition coefficient (Wildman–Crippen LogP) is 7.30. The van der Waals surface area contributed by atoms with E-state index in [0.717, 1.165) is 5.56 Å². The summed E-state index contributed by atoms with van der Waals surface area (Å²) in [6, 6.07) is 23.2. The molecule has 3 heteroatoms. The Morgan fingerprint density at radius 3 is 1.68 bits per heavy atom. The van der Waals surface area contributed by atoms with Crippen molar-refractivity contribution in [2.75, 3.05) is 0 Å². The Bertz CT molecular complexity index is 727. The van der Waals surface area contributed by atoms with Crippen LogP contribution in [0.1, 0.15) is 58.8 Å². The highest BCUT2D eigenvalue weighted by Crippen LogP contribution is 2.46. The average molecular weight is 394 g/mol. The maximum Gasteiger partial charge on any atom is 0.201 e. The highest BCUT2D eigenvalue weighted by molar-refractivity contribution is 6.77. The van der Waals surface area contributed by atoms with E-state index in [1.165, 1.54) is 5.56 Å². The highest BCUT2D eigenvalue weighted by Gasteiger charge is 2.48. The van der Waals surface area contributed by atoms with Crippen LogP contribution in [0.5, 0.6) is 0 Å². The molecule has 0 N–H and O–H groups in total. The number of benzene rings is 2. The van der Waals surface area contributed by atoms with E-state index in [1.54, 1.807) is 0 Å². The molecule has 0 fully saturated rings. The molecule has 2 unspecified atom stereocenters. The van der Waals surface area contributed by atoms with Crippen LogP contribution in [0.2, 0.25) is 16.6 Å². The average Bonchev–Trinajstić information content (AvgIpc) is 2.68. The van der Waals surface area contributed by atoms with Crippen LogP contribution in [0.25, 0.3) is 0 Å². The van der Waals surface area contributed by atoms with Crippen LogP contribution in [0.3, 0.4) is 0 Å². The lowest BCUT2D eigenvalue weighted by Crippen LogP contribution is -2.49. The molecule has 0 aliphatic heterocycles.